The molecule has 0 radical (unpaired) electrons. The third kappa shape index (κ3) is 5.45. The molecule has 0 bridgehead atoms. The molecule has 10 heteroatoms. The first kappa shape index (κ1) is 30.9. The Balaban J connectivity index is 1.79. The third-order valence-corrected chi connectivity index (χ3v) is 9.05. The van der Waals surface area contributed by atoms with Gasteiger partial charge in [-0.15, -0.1) is 0 Å². The van der Waals surface area contributed by atoms with Gasteiger partial charge < -0.3 is 28.1 Å². The second-order valence-corrected chi connectivity index (χ2v) is 13.9. The molecule has 1 saturated heterocycles. The predicted molar refractivity (Wildman–Crippen MR) is 166 cm³/mol. The lowest BCUT2D eigenvalue weighted by Crippen LogP contribution is -2.41. The fraction of sp³-hybridized carbons (Fsp3) is 0.562. The highest BCUT2D eigenvalue weighted by molar-refractivity contribution is 6.62. The molecule has 2 aliphatic heterocycles. The summed E-state index contributed by atoms with van der Waals surface area (Å²) in [7, 11) is 1.11. The van der Waals surface area contributed by atoms with E-state index in [0.29, 0.717) is 18.1 Å². The van der Waals surface area contributed by atoms with Crippen molar-refractivity contribution in [2.45, 2.75) is 92.1 Å². The second-order valence-electron chi connectivity index (χ2n) is 13.4. The molecule has 4 heterocycles. The molecule has 0 spiro atoms. The molecule has 1 fully saturated rings. The molecule has 0 aliphatic carbocycles. The van der Waals surface area contributed by atoms with Crippen LogP contribution in [0.3, 0.4) is 0 Å². The number of nitrogens with zero attached hydrogens (tertiary/aromatic N) is 2. The van der Waals surface area contributed by atoms with E-state index in [-0.39, 0.29) is 30.1 Å². The number of benzene rings is 1. The molecule has 5 rings (SSSR count). The van der Waals surface area contributed by atoms with Crippen molar-refractivity contribution in [3.63, 3.8) is 0 Å². The van der Waals surface area contributed by atoms with Crippen LogP contribution in [0, 0.1) is 5.41 Å². The van der Waals surface area contributed by atoms with Crippen molar-refractivity contribution < 1.29 is 28.3 Å². The van der Waals surface area contributed by atoms with Crippen LogP contribution in [0.2, 0.25) is 5.02 Å². The zero-order valence-electron chi connectivity index (χ0n) is 26.4. The van der Waals surface area contributed by atoms with Crippen LogP contribution in [0.15, 0.2) is 24.4 Å². The summed E-state index contributed by atoms with van der Waals surface area (Å²) in [4.78, 5) is 16.7. The maximum Gasteiger partial charge on any atom is 0.496 e. The molecule has 0 N–H and O–H groups in total. The van der Waals surface area contributed by atoms with E-state index in [9.17, 15) is 4.79 Å². The van der Waals surface area contributed by atoms with Gasteiger partial charge in [0.2, 0.25) is 0 Å². The molecule has 3 aromatic rings. The molecular formula is C32H42BClN2O6. The number of esters is 1. The summed E-state index contributed by atoms with van der Waals surface area (Å²) in [6.07, 6.45) is 2.17. The summed E-state index contributed by atoms with van der Waals surface area (Å²) in [6.45, 7) is 18.7. The van der Waals surface area contributed by atoms with Crippen LogP contribution in [-0.4, -0.2) is 54.2 Å². The number of methoxy groups -OCH3 is 1. The van der Waals surface area contributed by atoms with E-state index in [1.165, 1.54) is 6.92 Å². The van der Waals surface area contributed by atoms with Crippen LogP contribution >= 0.6 is 11.6 Å². The van der Waals surface area contributed by atoms with E-state index >= 15 is 0 Å². The minimum atomic E-state index is -0.575. The van der Waals surface area contributed by atoms with Crippen molar-refractivity contribution in [3.8, 4) is 17.0 Å². The lowest BCUT2D eigenvalue weighted by Gasteiger charge is -2.32. The van der Waals surface area contributed by atoms with Gasteiger partial charge in [0.1, 0.15) is 12.4 Å². The molecule has 0 saturated carbocycles. The maximum absolute atomic E-state index is 11.7. The van der Waals surface area contributed by atoms with E-state index in [0.717, 1.165) is 44.6 Å². The highest BCUT2D eigenvalue weighted by Crippen LogP contribution is 2.47. The van der Waals surface area contributed by atoms with Crippen LogP contribution < -0.4 is 10.2 Å². The summed E-state index contributed by atoms with van der Waals surface area (Å²) in [5.41, 5.74) is 4.31. The molecule has 226 valence electrons. The Bertz CT molecular complexity index is 1520. The largest absolute Gasteiger partial charge is 0.496 e. The van der Waals surface area contributed by atoms with Crippen LogP contribution in [0.25, 0.3) is 22.2 Å². The number of carbonyl (C=O) groups is 1. The number of hydrogen-bond acceptors (Lipinski definition) is 7. The smallest absolute Gasteiger partial charge is 0.489 e. The van der Waals surface area contributed by atoms with Gasteiger partial charge in [-0.05, 0) is 65.7 Å². The summed E-state index contributed by atoms with van der Waals surface area (Å²) < 4.78 is 32.7. The zero-order chi connectivity index (χ0) is 30.8. The fourth-order valence-electron chi connectivity index (χ4n) is 5.80. The first-order chi connectivity index (χ1) is 19.5. The van der Waals surface area contributed by atoms with Gasteiger partial charge in [-0.25, -0.2) is 0 Å². The highest BCUT2D eigenvalue weighted by Gasteiger charge is 2.52. The summed E-state index contributed by atoms with van der Waals surface area (Å²) in [5.74, 6) is 0.448. The van der Waals surface area contributed by atoms with Crippen LogP contribution in [-0.2, 0) is 30.0 Å². The minimum absolute atomic E-state index is 0.0349. The summed E-state index contributed by atoms with van der Waals surface area (Å²) >= 11 is 6.66. The standard InChI is InChI=1S/C32H42BClN2O6/c1-18-16-39-26-13-22(34)12-23-25(14-30(4,5)17-40-20(3)37)28(36(18)29(23)26)24-11-21(15-35-27(24)19(2)38-10)33-41-31(6,7)32(8,9)42-33/h11-13,15,18-19H,14,16-17H2,1-10H3/t18?,19-/m0/s1. The predicted octanol–water partition coefficient (Wildman–Crippen LogP) is 6.45. The zero-order valence-corrected chi connectivity index (χ0v) is 27.1. The van der Waals surface area contributed by atoms with Crippen LogP contribution in [0.1, 0.15) is 85.7 Å². The second kappa shape index (κ2) is 10.8. The van der Waals surface area contributed by atoms with Crippen LogP contribution in [0.5, 0.6) is 5.75 Å². The van der Waals surface area contributed by atoms with Crippen molar-refractivity contribution in [2.75, 3.05) is 20.3 Å². The Morgan fingerprint density at radius 2 is 1.88 bits per heavy atom. The quantitative estimate of drug-likeness (QED) is 0.218. The van der Waals surface area contributed by atoms with E-state index in [2.05, 4.69) is 31.4 Å². The minimum Gasteiger partial charge on any atom is -0.489 e. The van der Waals surface area contributed by atoms with E-state index in [1.807, 2.05) is 52.9 Å². The number of halogens is 1. The van der Waals surface area contributed by atoms with Crippen molar-refractivity contribution in [2.24, 2.45) is 5.41 Å². The normalized spacial score (nSPS) is 20.1. The van der Waals surface area contributed by atoms with Crippen molar-refractivity contribution in [1.82, 2.24) is 9.55 Å². The molecule has 2 aromatic heterocycles. The SMILES string of the molecule is CO[C@@H](C)c1ncc(B2OC(C)(C)C(C)(C)O2)cc1-c1c(CC(C)(C)COC(C)=O)c2cc(Cl)cc3c2n1C(C)CO3. The van der Waals surface area contributed by atoms with Gasteiger partial charge in [0.15, 0.2) is 0 Å². The molecule has 8 nitrogen and oxygen atoms in total. The Hall–Kier alpha value is -2.59. The Kier molecular flexibility index (Phi) is 7.97. The molecule has 1 unspecified atom stereocenters. The van der Waals surface area contributed by atoms with E-state index < -0.39 is 18.3 Å². The van der Waals surface area contributed by atoms with E-state index in [1.54, 1.807) is 7.11 Å². The number of pyridine rings is 1. The number of ether oxygens (including phenoxy) is 3. The molecule has 0 amide bonds. The third-order valence-electron chi connectivity index (χ3n) is 8.83. The van der Waals surface area contributed by atoms with Gasteiger partial charge in [-0.1, -0.05) is 25.4 Å². The van der Waals surface area contributed by atoms with Crippen molar-refractivity contribution >= 4 is 41.1 Å². The van der Waals surface area contributed by atoms with Gasteiger partial charge >= 0.3 is 13.1 Å². The number of hydrogen-bond donors (Lipinski definition) is 0. The number of rotatable bonds is 8. The highest BCUT2D eigenvalue weighted by atomic mass is 35.5. The first-order valence-electron chi connectivity index (χ1n) is 14.6. The number of carbonyl (C=O) groups excluding carboxylic acids is 1. The van der Waals surface area contributed by atoms with Crippen LogP contribution in [0.4, 0.5) is 0 Å². The summed E-state index contributed by atoms with van der Waals surface area (Å²) in [6, 6.07) is 6.04. The lowest BCUT2D eigenvalue weighted by atomic mass is 9.78. The van der Waals surface area contributed by atoms with Crippen molar-refractivity contribution in [1.29, 1.82) is 0 Å². The van der Waals surface area contributed by atoms with Gasteiger partial charge in [-0.2, -0.15) is 0 Å². The molecular weight excluding hydrogens is 555 g/mol. The molecule has 42 heavy (non-hydrogen) atoms. The van der Waals surface area contributed by atoms with Gasteiger partial charge in [0, 0.05) is 53.1 Å². The van der Waals surface area contributed by atoms with Crippen molar-refractivity contribution in [3.05, 3.63) is 40.7 Å². The first-order valence-corrected chi connectivity index (χ1v) is 14.9. The average Bonchev–Trinajstić information content (AvgIpc) is 3.33. The molecule has 2 aliphatic rings. The van der Waals surface area contributed by atoms with Gasteiger partial charge in [-0.3, -0.25) is 9.78 Å². The maximum atomic E-state index is 11.7. The lowest BCUT2D eigenvalue weighted by molar-refractivity contribution is -0.143. The molecule has 1 aromatic carbocycles. The fourth-order valence-corrected chi connectivity index (χ4v) is 6.00. The average molecular weight is 597 g/mol. The Morgan fingerprint density at radius 3 is 2.50 bits per heavy atom. The monoisotopic (exact) mass is 596 g/mol. The number of aromatic nitrogens is 2. The molecule has 2 atom stereocenters. The Morgan fingerprint density at radius 1 is 1.21 bits per heavy atom. The van der Waals surface area contributed by atoms with Gasteiger partial charge in [0.25, 0.3) is 0 Å². The topological polar surface area (TPSA) is 81.0 Å². The van der Waals surface area contributed by atoms with E-state index in [4.69, 9.17) is 40.1 Å². The Labute approximate surface area is 254 Å². The summed E-state index contributed by atoms with van der Waals surface area (Å²) in [5, 5.41) is 1.61. The van der Waals surface area contributed by atoms with Gasteiger partial charge in [0.05, 0.1) is 46.9 Å².